The van der Waals surface area contributed by atoms with Crippen LogP contribution in [0.2, 0.25) is 18.1 Å². The highest BCUT2D eigenvalue weighted by atomic mass is 28.4. The van der Waals surface area contributed by atoms with Gasteiger partial charge in [0.1, 0.15) is 35.9 Å². The summed E-state index contributed by atoms with van der Waals surface area (Å²) in [6.07, 6.45) is 0.679. The number of esters is 1. The smallest absolute Gasteiger partial charge is 0.407 e. The van der Waals surface area contributed by atoms with E-state index in [-0.39, 0.29) is 53.9 Å². The molecule has 1 fully saturated rings. The molecule has 7 atom stereocenters. The Morgan fingerprint density at radius 3 is 2.02 bits per heavy atom. The number of carbonyl (C=O) groups excluding carboxylic acids is 6. The molecule has 1 saturated heterocycles. The van der Waals surface area contributed by atoms with Crippen molar-refractivity contribution in [3.05, 3.63) is 35.9 Å². The van der Waals surface area contributed by atoms with Crippen LogP contribution >= 0.6 is 0 Å². The first-order chi connectivity index (χ1) is 27.2. The van der Waals surface area contributed by atoms with Crippen molar-refractivity contribution in [1.82, 2.24) is 15.5 Å². The topological polar surface area (TPSA) is 157 Å². The number of carbonyl (C=O) groups is 6. The predicted molar refractivity (Wildman–Crippen MR) is 234 cm³/mol. The van der Waals surface area contributed by atoms with Gasteiger partial charge in [-0.15, -0.1) is 0 Å². The maximum absolute atomic E-state index is 14.2. The zero-order valence-electron chi connectivity index (χ0n) is 38.9. The lowest BCUT2D eigenvalue weighted by atomic mass is 9.80. The van der Waals surface area contributed by atoms with Crippen molar-refractivity contribution in [3.8, 4) is 0 Å². The fourth-order valence-corrected chi connectivity index (χ4v) is 8.40. The molecule has 0 aliphatic carbocycles. The Morgan fingerprint density at radius 1 is 0.881 bits per heavy atom. The molecule has 0 spiro atoms. The second-order valence-electron chi connectivity index (χ2n) is 19.9. The highest BCUT2D eigenvalue weighted by Crippen LogP contribution is 2.39. The van der Waals surface area contributed by atoms with Gasteiger partial charge in [-0.05, 0) is 88.4 Å². The third-order valence-electron chi connectivity index (χ3n) is 11.8. The van der Waals surface area contributed by atoms with Crippen LogP contribution in [0, 0.1) is 29.6 Å². The van der Waals surface area contributed by atoms with Crippen LogP contribution in [-0.4, -0.2) is 85.0 Å². The van der Waals surface area contributed by atoms with Crippen molar-refractivity contribution in [3.63, 3.8) is 0 Å². The van der Waals surface area contributed by atoms with Crippen LogP contribution in [0.1, 0.15) is 134 Å². The average molecular weight is 844 g/mol. The van der Waals surface area contributed by atoms with Crippen molar-refractivity contribution in [2.75, 3.05) is 6.54 Å². The van der Waals surface area contributed by atoms with Crippen molar-refractivity contribution in [2.24, 2.45) is 29.6 Å². The molecule has 1 aliphatic heterocycles. The molecule has 0 aromatic heterocycles. The molecule has 1 aliphatic rings. The summed E-state index contributed by atoms with van der Waals surface area (Å²) in [7, 11) is -2.47. The third kappa shape index (κ3) is 16.1. The highest BCUT2D eigenvalue weighted by Gasteiger charge is 2.44. The van der Waals surface area contributed by atoms with E-state index < -0.39 is 73.7 Å². The van der Waals surface area contributed by atoms with E-state index in [4.69, 9.17) is 13.9 Å². The molecule has 2 N–H and O–H groups in total. The molecule has 1 heterocycles. The van der Waals surface area contributed by atoms with Gasteiger partial charge in [0.2, 0.25) is 11.8 Å². The van der Waals surface area contributed by atoms with Crippen LogP contribution in [0.15, 0.2) is 30.3 Å². The van der Waals surface area contributed by atoms with Crippen molar-refractivity contribution < 1.29 is 42.7 Å². The van der Waals surface area contributed by atoms with Gasteiger partial charge in [0.05, 0.1) is 18.1 Å². The first kappa shape index (κ1) is 51.6. The molecular weight excluding hydrogens is 767 g/mol. The summed E-state index contributed by atoms with van der Waals surface area (Å²) in [4.78, 5) is 84.0. The lowest BCUT2D eigenvalue weighted by Gasteiger charge is -2.43. The van der Waals surface area contributed by atoms with Gasteiger partial charge in [0.25, 0.3) is 0 Å². The Balaban J connectivity index is 2.29. The Morgan fingerprint density at radius 2 is 1.49 bits per heavy atom. The van der Waals surface area contributed by atoms with Gasteiger partial charge in [-0.1, -0.05) is 99.1 Å². The zero-order valence-corrected chi connectivity index (χ0v) is 39.9. The number of hydrogen-bond donors (Lipinski definition) is 2. The zero-order chi connectivity index (χ0) is 45.0. The molecule has 12 nitrogen and oxygen atoms in total. The van der Waals surface area contributed by atoms with Gasteiger partial charge in [-0.2, -0.15) is 0 Å². The van der Waals surface area contributed by atoms with E-state index in [0.29, 0.717) is 32.2 Å². The van der Waals surface area contributed by atoms with Crippen LogP contribution in [0.5, 0.6) is 0 Å². The third-order valence-corrected chi connectivity index (χ3v) is 16.3. The monoisotopic (exact) mass is 844 g/mol. The Kier molecular flexibility index (Phi) is 19.5. The van der Waals surface area contributed by atoms with E-state index in [1.165, 1.54) is 11.8 Å². The molecule has 0 unspecified atom stereocenters. The van der Waals surface area contributed by atoms with E-state index in [9.17, 15) is 28.8 Å². The number of rotatable bonds is 21. The van der Waals surface area contributed by atoms with E-state index in [2.05, 4.69) is 44.5 Å². The summed E-state index contributed by atoms with van der Waals surface area (Å²) in [5.41, 5.74) is 0.116. The summed E-state index contributed by atoms with van der Waals surface area (Å²) in [5, 5.41) is 5.70. The normalized spacial score (nSPS) is 18.1. The molecule has 13 heteroatoms. The first-order valence-corrected chi connectivity index (χ1v) is 24.6. The number of alkyl carbamates (subject to hydrolysis) is 1. The molecule has 59 heavy (non-hydrogen) atoms. The number of ether oxygens (including phenoxy) is 2. The summed E-state index contributed by atoms with van der Waals surface area (Å²) < 4.78 is 18.1. The molecule has 3 amide bonds. The van der Waals surface area contributed by atoms with E-state index in [1.807, 2.05) is 71.9 Å². The summed E-state index contributed by atoms with van der Waals surface area (Å²) in [6.45, 7) is 29.5. The maximum Gasteiger partial charge on any atom is 0.407 e. The van der Waals surface area contributed by atoms with Crippen LogP contribution in [0.25, 0.3) is 0 Å². The molecule has 334 valence electrons. The van der Waals surface area contributed by atoms with E-state index in [1.54, 1.807) is 20.8 Å². The minimum Gasteiger partial charge on any atom is -0.459 e. The fraction of sp³-hybridized carbons (Fsp3) is 0.739. The Bertz CT molecular complexity index is 1570. The molecule has 0 radical (unpaired) electrons. The summed E-state index contributed by atoms with van der Waals surface area (Å²) >= 11 is 0. The highest BCUT2D eigenvalue weighted by molar-refractivity contribution is 6.74. The number of benzene rings is 1. The summed E-state index contributed by atoms with van der Waals surface area (Å²) in [6, 6.07) is 7.06. The number of nitrogens with zero attached hydrogens (tertiary/aromatic N) is 1. The molecule has 1 aromatic carbocycles. The number of nitrogens with one attached hydrogen (secondary N) is 2. The molecule has 2 rings (SSSR count). The van der Waals surface area contributed by atoms with Crippen molar-refractivity contribution >= 4 is 43.8 Å². The standard InChI is InChI=1S/C46H77N3O9Si/c1-16-31(6)39(48-44(55)57-45(8,9)10)38(58-59(14,15)46(11,12)13)27-34(50)26-35(30(4)5)40(51)32(7)41(52)47-36(25-29(2)3)42(53)49-24-20-23-37(49)43(54)56-28-33-21-18-17-19-22-33/h17-19,21-22,29-32,35-39H,16,20,23-28H2,1-15H3,(H,47,52)(H,48,55)/t31-,32+,35-,36-,37-,38-,39-/m0/s1. The SMILES string of the molecule is CC[C@H](C)[C@H](NC(=O)OC(C)(C)C)[C@H](CC(=O)C[C@H](C(=O)[C@@H](C)C(=O)N[C@@H](CC(C)C)C(=O)N1CCC[C@H]1C(=O)OCc1ccccc1)C(C)C)O[Si](C)(C)C(C)(C)C. The van der Waals surface area contributed by atoms with Crippen molar-refractivity contribution in [2.45, 2.75) is 183 Å². The van der Waals surface area contributed by atoms with Gasteiger partial charge in [0.15, 0.2) is 8.32 Å². The lowest BCUT2D eigenvalue weighted by Crippen LogP contribution is -2.55. The number of likely N-dealkylation sites (tertiary alicyclic amines) is 1. The quantitative estimate of drug-likeness (QED) is 0.0705. The van der Waals surface area contributed by atoms with Gasteiger partial charge in [0, 0.05) is 25.3 Å². The maximum atomic E-state index is 14.2. The van der Waals surface area contributed by atoms with Crippen molar-refractivity contribution in [1.29, 1.82) is 0 Å². The largest absolute Gasteiger partial charge is 0.459 e. The van der Waals surface area contributed by atoms with E-state index >= 15 is 0 Å². The number of hydrogen-bond acceptors (Lipinski definition) is 9. The van der Waals surface area contributed by atoms with Crippen LogP contribution in [-0.2, 0) is 44.5 Å². The number of Topliss-reactive ketones (excluding diaryl/α,β-unsaturated/α-hetero) is 2. The van der Waals surface area contributed by atoms with E-state index in [0.717, 1.165) is 5.56 Å². The molecule has 1 aromatic rings. The van der Waals surface area contributed by atoms with Gasteiger partial charge >= 0.3 is 12.1 Å². The van der Waals surface area contributed by atoms with Crippen LogP contribution < -0.4 is 10.6 Å². The second kappa shape index (κ2) is 22.3. The molecular formula is C46H77N3O9Si. The lowest BCUT2D eigenvalue weighted by molar-refractivity contribution is -0.155. The molecule has 0 saturated carbocycles. The van der Waals surface area contributed by atoms with Crippen LogP contribution in [0.3, 0.4) is 0 Å². The van der Waals surface area contributed by atoms with Gasteiger partial charge in [-0.3, -0.25) is 19.2 Å². The fourth-order valence-electron chi connectivity index (χ4n) is 7.05. The molecule has 0 bridgehead atoms. The minimum absolute atomic E-state index is 0.0212. The van der Waals surface area contributed by atoms with Crippen LogP contribution in [0.4, 0.5) is 4.79 Å². The average Bonchev–Trinajstić information content (AvgIpc) is 3.62. The number of amides is 3. The minimum atomic E-state index is -2.47. The van der Waals surface area contributed by atoms with Gasteiger partial charge < -0.3 is 29.4 Å². The summed E-state index contributed by atoms with van der Waals surface area (Å²) in [5.74, 6) is -4.32. The Hall–Kier alpha value is -3.58. The first-order valence-electron chi connectivity index (χ1n) is 21.7. The van der Waals surface area contributed by atoms with Gasteiger partial charge in [-0.25, -0.2) is 9.59 Å². The second-order valence-corrected chi connectivity index (χ2v) is 24.6. The Labute approximate surface area is 356 Å². The predicted octanol–water partition coefficient (Wildman–Crippen LogP) is 8.41. The number of ketones is 2.